The Bertz CT molecular complexity index is 591. The molecule has 2 aliphatic heterocycles. The summed E-state index contributed by atoms with van der Waals surface area (Å²) in [7, 11) is 0. The molecule has 0 aliphatic carbocycles. The van der Waals surface area contributed by atoms with Gasteiger partial charge in [0.2, 0.25) is 0 Å². The highest BCUT2D eigenvalue weighted by Gasteiger charge is 2.22. The lowest BCUT2D eigenvalue weighted by Crippen LogP contribution is -2.47. The number of piperidine rings is 2. The second kappa shape index (κ2) is 12.0. The Labute approximate surface area is 187 Å². The first-order chi connectivity index (χ1) is 13.1. The van der Waals surface area contributed by atoms with Gasteiger partial charge < -0.3 is 15.3 Å². The van der Waals surface area contributed by atoms with E-state index in [0.717, 1.165) is 51.5 Å². The normalized spacial score (nSPS) is 20.1. The third kappa shape index (κ3) is 7.19. The highest BCUT2D eigenvalue weighted by Crippen LogP contribution is 2.20. The summed E-state index contributed by atoms with van der Waals surface area (Å²) in [5, 5.41) is 13.2. The summed E-state index contributed by atoms with van der Waals surface area (Å²) >= 11 is 0. The fourth-order valence-corrected chi connectivity index (χ4v) is 4.00. The number of nitrogens with zero attached hydrogens (tertiary/aromatic N) is 3. The lowest BCUT2D eigenvalue weighted by Gasteiger charge is -2.34. The van der Waals surface area contributed by atoms with Crippen LogP contribution < -0.4 is 5.32 Å². The molecule has 0 saturated carbocycles. The van der Waals surface area contributed by atoms with Crippen LogP contribution in [0.4, 0.5) is 0 Å². The van der Waals surface area contributed by atoms with E-state index in [9.17, 15) is 5.11 Å². The van der Waals surface area contributed by atoms with Crippen molar-refractivity contribution in [2.75, 3.05) is 39.3 Å². The second-order valence-corrected chi connectivity index (χ2v) is 8.12. The van der Waals surface area contributed by atoms with Crippen molar-refractivity contribution in [3.63, 3.8) is 0 Å². The van der Waals surface area contributed by atoms with Gasteiger partial charge in [-0.1, -0.05) is 29.8 Å². The van der Waals surface area contributed by atoms with E-state index in [0.29, 0.717) is 5.92 Å². The first kappa shape index (κ1) is 23.4. The molecule has 0 radical (unpaired) electrons. The topological polar surface area (TPSA) is 51.1 Å². The van der Waals surface area contributed by atoms with E-state index >= 15 is 0 Å². The number of nitrogens with one attached hydrogen (secondary N) is 1. The second-order valence-electron chi connectivity index (χ2n) is 8.12. The SMILES string of the molecule is CCNC(=NCC1CCN(Cc2ccc(C)cc2)CC1)N1CCC(O)CC1.I. The fraction of sp³-hybridized carbons (Fsp3) is 0.682. The van der Waals surface area contributed by atoms with Crippen LogP contribution in [0.3, 0.4) is 0 Å². The number of rotatable bonds is 5. The van der Waals surface area contributed by atoms with Gasteiger partial charge in [0.05, 0.1) is 6.10 Å². The predicted octanol–water partition coefficient (Wildman–Crippen LogP) is 3.25. The van der Waals surface area contributed by atoms with E-state index in [2.05, 4.69) is 53.2 Å². The van der Waals surface area contributed by atoms with Crippen LogP contribution in [0.25, 0.3) is 0 Å². The van der Waals surface area contributed by atoms with Crippen molar-refractivity contribution in [1.82, 2.24) is 15.1 Å². The molecule has 3 rings (SSSR count). The van der Waals surface area contributed by atoms with E-state index in [1.165, 1.54) is 37.1 Å². The average Bonchev–Trinajstić information content (AvgIpc) is 2.69. The zero-order chi connectivity index (χ0) is 19.1. The monoisotopic (exact) mass is 500 g/mol. The van der Waals surface area contributed by atoms with Gasteiger partial charge in [0.1, 0.15) is 0 Å². The van der Waals surface area contributed by atoms with Gasteiger partial charge in [-0.15, -0.1) is 24.0 Å². The standard InChI is InChI=1S/C22H36N4O.HI/c1-3-23-22(26-14-10-21(27)11-15-26)24-16-19-8-12-25(13-9-19)17-20-6-4-18(2)5-7-20;/h4-7,19,21,27H,3,8-17H2,1-2H3,(H,23,24);1H. The Morgan fingerprint density at radius 1 is 1.07 bits per heavy atom. The number of benzene rings is 1. The smallest absolute Gasteiger partial charge is 0.193 e. The van der Waals surface area contributed by atoms with Gasteiger partial charge in [0, 0.05) is 32.7 Å². The summed E-state index contributed by atoms with van der Waals surface area (Å²) in [4.78, 5) is 9.82. The van der Waals surface area contributed by atoms with Crippen LogP contribution in [0.5, 0.6) is 0 Å². The minimum Gasteiger partial charge on any atom is -0.393 e. The number of hydrogen-bond donors (Lipinski definition) is 2. The van der Waals surface area contributed by atoms with Crippen molar-refractivity contribution >= 4 is 29.9 Å². The summed E-state index contributed by atoms with van der Waals surface area (Å²) in [6.45, 7) is 11.3. The number of likely N-dealkylation sites (tertiary alicyclic amines) is 2. The van der Waals surface area contributed by atoms with Crippen molar-refractivity contribution in [3.05, 3.63) is 35.4 Å². The number of aliphatic hydroxyl groups excluding tert-OH is 1. The Morgan fingerprint density at radius 3 is 2.32 bits per heavy atom. The Hall–Kier alpha value is -0.860. The number of halogens is 1. The molecule has 2 N–H and O–H groups in total. The highest BCUT2D eigenvalue weighted by molar-refractivity contribution is 14.0. The lowest BCUT2D eigenvalue weighted by atomic mass is 9.96. The van der Waals surface area contributed by atoms with Crippen LogP contribution >= 0.6 is 24.0 Å². The molecule has 158 valence electrons. The van der Waals surface area contributed by atoms with Gasteiger partial charge in [0.15, 0.2) is 5.96 Å². The molecule has 5 nitrogen and oxygen atoms in total. The van der Waals surface area contributed by atoms with Gasteiger partial charge in [-0.2, -0.15) is 0 Å². The minimum atomic E-state index is -0.137. The summed E-state index contributed by atoms with van der Waals surface area (Å²) in [6, 6.07) is 8.92. The Kier molecular flexibility index (Phi) is 10.0. The molecule has 6 heteroatoms. The van der Waals surface area contributed by atoms with Crippen LogP contribution in [0.1, 0.15) is 43.7 Å². The van der Waals surface area contributed by atoms with Crippen molar-refractivity contribution < 1.29 is 5.11 Å². The largest absolute Gasteiger partial charge is 0.393 e. The maximum absolute atomic E-state index is 9.72. The molecular weight excluding hydrogens is 463 g/mol. The molecule has 0 bridgehead atoms. The first-order valence-electron chi connectivity index (χ1n) is 10.6. The molecule has 2 heterocycles. The van der Waals surface area contributed by atoms with Crippen LogP contribution in [-0.2, 0) is 6.54 Å². The molecule has 0 amide bonds. The summed E-state index contributed by atoms with van der Waals surface area (Å²) < 4.78 is 0. The molecule has 2 fully saturated rings. The molecule has 28 heavy (non-hydrogen) atoms. The van der Waals surface area contributed by atoms with Crippen LogP contribution in [-0.4, -0.2) is 66.2 Å². The molecule has 1 aromatic rings. The minimum absolute atomic E-state index is 0. The molecule has 0 atom stereocenters. The maximum Gasteiger partial charge on any atom is 0.193 e. The number of guanidine groups is 1. The summed E-state index contributed by atoms with van der Waals surface area (Å²) in [6.07, 6.45) is 4.02. The molecular formula is C22H37IN4O. The quantitative estimate of drug-likeness (QED) is 0.371. The van der Waals surface area contributed by atoms with Gasteiger partial charge in [-0.25, -0.2) is 0 Å². The van der Waals surface area contributed by atoms with E-state index in [-0.39, 0.29) is 30.1 Å². The molecule has 0 unspecified atom stereocenters. The van der Waals surface area contributed by atoms with Gasteiger partial charge in [-0.05, 0) is 64.1 Å². The zero-order valence-corrected chi connectivity index (χ0v) is 19.8. The van der Waals surface area contributed by atoms with E-state index in [1.54, 1.807) is 0 Å². The average molecular weight is 500 g/mol. The molecule has 0 aromatic heterocycles. The fourth-order valence-electron chi connectivity index (χ4n) is 4.00. The summed E-state index contributed by atoms with van der Waals surface area (Å²) in [5.74, 6) is 1.72. The van der Waals surface area contributed by atoms with Gasteiger partial charge >= 0.3 is 0 Å². The van der Waals surface area contributed by atoms with Gasteiger partial charge in [0.25, 0.3) is 0 Å². The number of aliphatic imine (C=N–C) groups is 1. The Morgan fingerprint density at radius 2 is 1.71 bits per heavy atom. The van der Waals surface area contributed by atoms with Crippen LogP contribution in [0.15, 0.2) is 29.3 Å². The number of hydrogen-bond acceptors (Lipinski definition) is 3. The first-order valence-corrected chi connectivity index (χ1v) is 10.6. The number of aliphatic hydroxyl groups is 1. The van der Waals surface area contributed by atoms with E-state index in [4.69, 9.17) is 4.99 Å². The lowest BCUT2D eigenvalue weighted by molar-refractivity contribution is 0.108. The Balaban J connectivity index is 0.00000280. The van der Waals surface area contributed by atoms with E-state index < -0.39 is 0 Å². The summed E-state index contributed by atoms with van der Waals surface area (Å²) in [5.41, 5.74) is 2.74. The zero-order valence-electron chi connectivity index (χ0n) is 17.4. The van der Waals surface area contributed by atoms with Crippen molar-refractivity contribution in [2.24, 2.45) is 10.9 Å². The third-order valence-corrected chi connectivity index (χ3v) is 5.83. The van der Waals surface area contributed by atoms with Gasteiger partial charge in [-0.3, -0.25) is 9.89 Å². The molecule has 2 saturated heterocycles. The van der Waals surface area contributed by atoms with Crippen molar-refractivity contribution in [1.29, 1.82) is 0 Å². The van der Waals surface area contributed by atoms with Crippen LogP contribution in [0.2, 0.25) is 0 Å². The predicted molar refractivity (Wildman–Crippen MR) is 127 cm³/mol. The molecule has 1 aromatic carbocycles. The molecule has 2 aliphatic rings. The van der Waals surface area contributed by atoms with Crippen molar-refractivity contribution in [2.45, 2.75) is 52.2 Å². The molecule has 0 spiro atoms. The van der Waals surface area contributed by atoms with Crippen LogP contribution in [0, 0.1) is 12.8 Å². The number of aryl methyl sites for hydroxylation is 1. The third-order valence-electron chi connectivity index (χ3n) is 5.83. The van der Waals surface area contributed by atoms with E-state index in [1.807, 2.05) is 0 Å². The highest BCUT2D eigenvalue weighted by atomic mass is 127. The maximum atomic E-state index is 9.72. The van der Waals surface area contributed by atoms with Crippen molar-refractivity contribution in [3.8, 4) is 0 Å².